The van der Waals surface area contributed by atoms with Crippen molar-refractivity contribution >= 4 is 22.6 Å². The van der Waals surface area contributed by atoms with Crippen molar-refractivity contribution in [2.75, 3.05) is 44.2 Å². The highest BCUT2D eigenvalue weighted by Gasteiger charge is 2.47. The predicted molar refractivity (Wildman–Crippen MR) is 164 cm³/mol. The van der Waals surface area contributed by atoms with Crippen LogP contribution in [-0.2, 0) is 11.2 Å². The van der Waals surface area contributed by atoms with Crippen LogP contribution in [0.5, 0.6) is 6.01 Å². The van der Waals surface area contributed by atoms with Gasteiger partial charge in [0.2, 0.25) is 0 Å². The predicted octanol–water partition coefficient (Wildman–Crippen LogP) is 4.91. The van der Waals surface area contributed by atoms with Crippen LogP contribution in [0.1, 0.15) is 55.6 Å². The number of ether oxygens (including phenoxy) is 1. The number of nitriles is 1. The van der Waals surface area contributed by atoms with Gasteiger partial charge >= 0.3 is 6.01 Å². The first kappa shape index (κ1) is 28.3. The number of aromatic nitrogens is 3. The lowest BCUT2D eigenvalue weighted by Gasteiger charge is -2.41. The number of carbonyl (C=O) groups excluding carboxylic acids is 1. The van der Waals surface area contributed by atoms with E-state index < -0.39 is 23.6 Å². The van der Waals surface area contributed by atoms with E-state index in [9.17, 15) is 14.4 Å². The number of piperazine rings is 1. The van der Waals surface area contributed by atoms with Crippen molar-refractivity contribution in [2.45, 2.75) is 62.4 Å². The zero-order chi connectivity index (χ0) is 30.9. The minimum atomic E-state index is -1.06. The van der Waals surface area contributed by atoms with Crippen molar-refractivity contribution < 1.29 is 18.3 Å². The monoisotopic (exact) mass is 611 g/mol. The van der Waals surface area contributed by atoms with Crippen LogP contribution in [0.3, 0.4) is 0 Å². The van der Waals surface area contributed by atoms with Gasteiger partial charge in [-0.25, -0.2) is 8.78 Å². The third kappa shape index (κ3) is 4.64. The van der Waals surface area contributed by atoms with E-state index in [2.05, 4.69) is 33.6 Å². The Morgan fingerprint density at radius 3 is 2.78 bits per heavy atom. The van der Waals surface area contributed by atoms with Gasteiger partial charge in [-0.3, -0.25) is 14.7 Å². The van der Waals surface area contributed by atoms with E-state index in [0.717, 1.165) is 57.2 Å². The minimum Gasteiger partial charge on any atom is -0.461 e. The van der Waals surface area contributed by atoms with E-state index in [1.165, 1.54) is 16.0 Å². The Morgan fingerprint density at radius 2 is 2.00 bits per heavy atom. The summed E-state index contributed by atoms with van der Waals surface area (Å²) >= 11 is 0. The van der Waals surface area contributed by atoms with Crippen molar-refractivity contribution in [1.82, 2.24) is 24.8 Å². The van der Waals surface area contributed by atoms with E-state index in [1.54, 1.807) is 6.20 Å². The molecule has 3 aromatic rings. The van der Waals surface area contributed by atoms with Crippen LogP contribution < -0.4 is 9.64 Å². The molecule has 5 heterocycles. The molecule has 8 rings (SSSR count). The number of amides is 1. The Balaban J connectivity index is 1.20. The second-order valence-corrected chi connectivity index (χ2v) is 13.3. The first-order valence-corrected chi connectivity index (χ1v) is 16.0. The van der Waals surface area contributed by atoms with Crippen molar-refractivity contribution in [1.29, 1.82) is 5.26 Å². The molecule has 45 heavy (non-hydrogen) atoms. The molecule has 11 heteroatoms. The molecule has 2 aliphatic carbocycles. The van der Waals surface area contributed by atoms with Crippen molar-refractivity contribution in [3.05, 3.63) is 53.7 Å². The fourth-order valence-corrected chi connectivity index (χ4v) is 8.47. The van der Waals surface area contributed by atoms with Crippen LogP contribution in [0.4, 0.5) is 14.6 Å². The smallest absolute Gasteiger partial charge is 0.319 e. The Kier molecular flexibility index (Phi) is 6.75. The fourth-order valence-electron chi connectivity index (χ4n) is 8.47. The van der Waals surface area contributed by atoms with Gasteiger partial charge in [0.15, 0.2) is 11.6 Å². The van der Waals surface area contributed by atoms with Gasteiger partial charge in [-0.15, -0.1) is 0 Å². The molecule has 2 aromatic heterocycles. The molecule has 0 bridgehead atoms. The highest BCUT2D eigenvalue weighted by atomic mass is 19.1. The summed E-state index contributed by atoms with van der Waals surface area (Å²) in [5.74, 6) is -0.875. The largest absolute Gasteiger partial charge is 0.461 e. The number of rotatable bonds is 7. The summed E-state index contributed by atoms with van der Waals surface area (Å²) in [7, 11) is 0. The molecule has 5 aliphatic rings. The van der Waals surface area contributed by atoms with E-state index in [1.807, 2.05) is 17.0 Å². The molecule has 1 unspecified atom stereocenters. The van der Waals surface area contributed by atoms with Gasteiger partial charge in [-0.1, -0.05) is 24.8 Å². The first-order valence-electron chi connectivity index (χ1n) is 16.0. The first-order chi connectivity index (χ1) is 21.9. The third-order valence-electron chi connectivity index (χ3n) is 10.8. The zero-order valence-electron chi connectivity index (χ0n) is 25.1. The molecule has 3 atom stereocenters. The molecule has 1 aromatic carbocycles. The highest BCUT2D eigenvalue weighted by Crippen LogP contribution is 2.58. The van der Waals surface area contributed by atoms with E-state index >= 15 is 4.39 Å². The Hall–Kier alpha value is -4.17. The molecule has 1 amide bonds. The summed E-state index contributed by atoms with van der Waals surface area (Å²) in [6, 6.07) is 7.66. The van der Waals surface area contributed by atoms with Crippen molar-refractivity contribution in [3.63, 3.8) is 0 Å². The molecule has 0 spiro atoms. The molecule has 9 nitrogen and oxygen atoms in total. The third-order valence-corrected chi connectivity index (χ3v) is 10.8. The normalized spacial score (nSPS) is 24.7. The number of hydrogen-bond acceptors (Lipinski definition) is 8. The second-order valence-electron chi connectivity index (χ2n) is 13.3. The Bertz CT molecular complexity index is 1760. The molecule has 1 saturated carbocycles. The van der Waals surface area contributed by atoms with Gasteiger partial charge in [0, 0.05) is 31.4 Å². The number of fused-ring (bicyclic) bond motifs is 5. The fraction of sp³-hybridized carbons (Fsp3) is 0.500. The molecule has 232 valence electrons. The summed E-state index contributed by atoms with van der Waals surface area (Å²) in [4.78, 5) is 32.4. The Labute approximate surface area is 260 Å². The summed E-state index contributed by atoms with van der Waals surface area (Å²) in [6.07, 6.45) is 8.12. The van der Waals surface area contributed by atoms with E-state index in [0.29, 0.717) is 36.2 Å². The maximum Gasteiger partial charge on any atom is 0.319 e. The van der Waals surface area contributed by atoms with Gasteiger partial charge in [-0.2, -0.15) is 15.2 Å². The molecule has 3 aliphatic heterocycles. The quantitative estimate of drug-likeness (QED) is 0.348. The lowest BCUT2D eigenvalue weighted by molar-refractivity contribution is -0.131. The van der Waals surface area contributed by atoms with Crippen LogP contribution in [0.15, 0.2) is 36.8 Å². The summed E-state index contributed by atoms with van der Waals surface area (Å²) in [6.45, 7) is 6.33. The summed E-state index contributed by atoms with van der Waals surface area (Å²) in [5.41, 5.74) is 3.64. The lowest BCUT2D eigenvalue weighted by atomic mass is 9.95. The van der Waals surface area contributed by atoms with Gasteiger partial charge in [-0.05, 0) is 74.6 Å². The summed E-state index contributed by atoms with van der Waals surface area (Å²) in [5, 5.41) is 9.93. The van der Waals surface area contributed by atoms with Crippen LogP contribution in [0, 0.1) is 23.1 Å². The average molecular weight is 612 g/mol. The standard InChI is InChI=1S/C34H35F2N7O2/c1-20(35)32(44)43-14-13-41(18-23(43)7-10-37)31-26-17-38-29(24-6-2-5-21-15-22-16-25(22)27(21)24)28(36)30(26)39-33(40-31)45-19-34-8-3-11-42(34)12-4-9-34/h2,5-6,17,22-23,25H,1,3-4,7-9,11-16,18-19H2/t22?,23-,25+/m0/s1. The number of hydrogen-bond donors (Lipinski definition) is 0. The van der Waals surface area contributed by atoms with E-state index in [-0.39, 0.29) is 42.3 Å². The summed E-state index contributed by atoms with van der Waals surface area (Å²) < 4.78 is 36.9. The van der Waals surface area contributed by atoms with Gasteiger partial charge in [0.25, 0.3) is 5.91 Å². The number of anilines is 1. The zero-order valence-corrected chi connectivity index (χ0v) is 25.1. The molecule has 4 fully saturated rings. The average Bonchev–Trinajstić information content (AvgIpc) is 3.32. The SMILES string of the molecule is C=C(F)C(=O)N1CCN(c2nc(OCC34CCCN3CCC4)nc3c(F)c(-c4cccc5c4[C@@H]4CC4C5)ncc23)C[C@@H]1CC#N. The minimum absolute atomic E-state index is 0.00170. The number of benzene rings is 1. The van der Waals surface area contributed by atoms with Gasteiger partial charge in [0.1, 0.15) is 23.6 Å². The number of pyridine rings is 1. The maximum absolute atomic E-state index is 16.7. The number of nitrogens with zero attached hydrogens (tertiary/aromatic N) is 7. The van der Waals surface area contributed by atoms with Crippen LogP contribution >= 0.6 is 0 Å². The Morgan fingerprint density at radius 1 is 1.18 bits per heavy atom. The van der Waals surface area contributed by atoms with Gasteiger partial charge < -0.3 is 14.5 Å². The molecule has 3 saturated heterocycles. The second kappa shape index (κ2) is 10.7. The van der Waals surface area contributed by atoms with Crippen LogP contribution in [-0.4, -0.2) is 81.6 Å². The maximum atomic E-state index is 16.7. The molecule has 0 radical (unpaired) electrons. The molecule has 0 N–H and O–H groups in total. The van der Waals surface area contributed by atoms with Crippen LogP contribution in [0.2, 0.25) is 0 Å². The topological polar surface area (TPSA) is 98.5 Å². The van der Waals surface area contributed by atoms with E-state index in [4.69, 9.17) is 9.72 Å². The number of carbonyl (C=O) groups is 1. The van der Waals surface area contributed by atoms with Crippen LogP contribution in [0.25, 0.3) is 22.2 Å². The van der Waals surface area contributed by atoms with Gasteiger partial charge in [0.05, 0.1) is 29.5 Å². The lowest BCUT2D eigenvalue weighted by Crippen LogP contribution is -2.55. The highest BCUT2D eigenvalue weighted by molar-refractivity contribution is 5.93. The number of halogens is 2. The molecular weight excluding hydrogens is 576 g/mol. The molecular formula is C34H35F2N7O2. The van der Waals surface area contributed by atoms with Crippen molar-refractivity contribution in [2.24, 2.45) is 5.92 Å². The van der Waals surface area contributed by atoms with Crippen molar-refractivity contribution in [3.8, 4) is 23.3 Å².